The highest BCUT2D eigenvalue weighted by Gasteiger charge is 2.35. The summed E-state index contributed by atoms with van der Waals surface area (Å²) in [6.45, 7) is 4.63. The number of unbranched alkanes of at least 4 members (excludes halogenated alkanes) is 1. The summed E-state index contributed by atoms with van der Waals surface area (Å²) in [5, 5.41) is 0. The molecule has 1 saturated carbocycles. The minimum atomic E-state index is 0.747. The third-order valence-electron chi connectivity index (χ3n) is 2.64. The fourth-order valence-electron chi connectivity index (χ4n) is 1.30. The van der Waals surface area contributed by atoms with Crippen molar-refractivity contribution >= 4 is 0 Å². The van der Waals surface area contributed by atoms with Crippen LogP contribution in [0.15, 0.2) is 12.2 Å². The number of hydrogen-bond acceptors (Lipinski definition) is 0. The summed E-state index contributed by atoms with van der Waals surface area (Å²) < 4.78 is 0. The quantitative estimate of drug-likeness (QED) is 0.524. The first-order chi connectivity index (χ1) is 5.27. The zero-order valence-corrected chi connectivity index (χ0v) is 7.90. The molecule has 0 aromatic carbocycles. The first-order valence-electron chi connectivity index (χ1n) is 4.92. The molecule has 0 spiro atoms. The fourth-order valence-corrected chi connectivity index (χ4v) is 1.30. The Kier molecular flexibility index (Phi) is 3.16. The second-order valence-electron chi connectivity index (χ2n) is 4.11. The van der Waals surface area contributed by atoms with Crippen molar-refractivity contribution in [2.45, 2.75) is 52.4 Å². The third-order valence-corrected chi connectivity index (χ3v) is 2.64. The Morgan fingerprint density at radius 2 is 1.82 bits per heavy atom. The van der Waals surface area contributed by atoms with Crippen LogP contribution >= 0.6 is 0 Å². The van der Waals surface area contributed by atoms with E-state index in [0.717, 1.165) is 5.41 Å². The molecule has 0 bridgehead atoms. The van der Waals surface area contributed by atoms with Crippen molar-refractivity contribution in [3.63, 3.8) is 0 Å². The van der Waals surface area contributed by atoms with Crippen molar-refractivity contribution in [3.05, 3.63) is 12.2 Å². The highest BCUT2D eigenvalue weighted by Crippen LogP contribution is 2.48. The molecule has 11 heavy (non-hydrogen) atoms. The van der Waals surface area contributed by atoms with E-state index in [9.17, 15) is 0 Å². The Morgan fingerprint density at radius 3 is 2.36 bits per heavy atom. The summed E-state index contributed by atoms with van der Waals surface area (Å²) in [7, 11) is 0. The summed E-state index contributed by atoms with van der Waals surface area (Å²) in [5.74, 6) is 0. The van der Waals surface area contributed by atoms with E-state index >= 15 is 0 Å². The highest BCUT2D eigenvalue weighted by atomic mass is 14.4. The third kappa shape index (κ3) is 3.60. The first kappa shape index (κ1) is 8.83. The van der Waals surface area contributed by atoms with Gasteiger partial charge in [-0.15, -0.1) is 0 Å². The van der Waals surface area contributed by atoms with Crippen LogP contribution in [0, 0.1) is 5.41 Å². The Morgan fingerprint density at radius 1 is 1.18 bits per heavy atom. The second-order valence-corrected chi connectivity index (χ2v) is 4.11. The average Bonchev–Trinajstić information content (AvgIpc) is 2.69. The molecule has 0 saturated heterocycles. The van der Waals surface area contributed by atoms with E-state index < -0.39 is 0 Å². The van der Waals surface area contributed by atoms with Crippen LogP contribution in [-0.2, 0) is 0 Å². The maximum atomic E-state index is 2.40. The van der Waals surface area contributed by atoms with Gasteiger partial charge in [0.2, 0.25) is 0 Å². The van der Waals surface area contributed by atoms with Gasteiger partial charge in [0.1, 0.15) is 0 Å². The van der Waals surface area contributed by atoms with E-state index in [1.165, 1.54) is 38.5 Å². The van der Waals surface area contributed by atoms with Crippen molar-refractivity contribution in [1.82, 2.24) is 0 Å². The molecule has 1 aliphatic carbocycles. The van der Waals surface area contributed by atoms with Gasteiger partial charge in [0.05, 0.1) is 0 Å². The standard InChI is InChI=1S/C11H20/c1-3-4-5-6-7-8-11(2)9-10-11/h5-6H,3-4,7-10H2,1-2H3. The highest BCUT2D eigenvalue weighted by molar-refractivity contribution is 4.91. The molecule has 0 N–H and O–H groups in total. The van der Waals surface area contributed by atoms with Gasteiger partial charge < -0.3 is 0 Å². The van der Waals surface area contributed by atoms with Gasteiger partial charge in [-0.05, 0) is 37.5 Å². The summed E-state index contributed by atoms with van der Waals surface area (Å²) in [5.41, 5.74) is 0.747. The van der Waals surface area contributed by atoms with E-state index in [0.29, 0.717) is 0 Å². The zero-order chi connectivity index (χ0) is 8.16. The predicted octanol–water partition coefficient (Wildman–Crippen LogP) is 3.92. The lowest BCUT2D eigenvalue weighted by molar-refractivity contribution is 0.524. The summed E-state index contributed by atoms with van der Waals surface area (Å²) in [6, 6.07) is 0. The Balaban J connectivity index is 1.95. The van der Waals surface area contributed by atoms with Gasteiger partial charge in [-0.3, -0.25) is 0 Å². The van der Waals surface area contributed by atoms with Crippen molar-refractivity contribution in [2.24, 2.45) is 5.41 Å². The van der Waals surface area contributed by atoms with Gasteiger partial charge in [0, 0.05) is 0 Å². The first-order valence-corrected chi connectivity index (χ1v) is 4.92. The second kappa shape index (κ2) is 3.94. The van der Waals surface area contributed by atoms with Crippen LogP contribution in [0.25, 0.3) is 0 Å². The fraction of sp³-hybridized carbons (Fsp3) is 0.818. The molecule has 1 fully saturated rings. The van der Waals surface area contributed by atoms with Gasteiger partial charge in [-0.2, -0.15) is 0 Å². The lowest BCUT2D eigenvalue weighted by atomic mass is 10.0. The summed E-state index contributed by atoms with van der Waals surface area (Å²) in [6.07, 6.45) is 12.9. The molecule has 0 heteroatoms. The lowest BCUT2D eigenvalue weighted by Gasteiger charge is -2.02. The number of rotatable bonds is 5. The Bertz CT molecular complexity index is 129. The van der Waals surface area contributed by atoms with E-state index in [2.05, 4.69) is 26.0 Å². The summed E-state index contributed by atoms with van der Waals surface area (Å²) in [4.78, 5) is 0. The molecule has 0 heterocycles. The minimum absolute atomic E-state index is 0.747. The van der Waals surface area contributed by atoms with Crippen LogP contribution in [0.5, 0.6) is 0 Å². The molecule has 0 aliphatic heterocycles. The normalized spacial score (nSPS) is 20.9. The molecule has 0 atom stereocenters. The maximum Gasteiger partial charge on any atom is -0.0322 e. The molecule has 0 amide bonds. The largest absolute Gasteiger partial charge is 0.0885 e. The molecule has 0 unspecified atom stereocenters. The van der Waals surface area contributed by atoms with Crippen molar-refractivity contribution in [1.29, 1.82) is 0 Å². The number of hydrogen-bond donors (Lipinski definition) is 0. The van der Waals surface area contributed by atoms with Crippen LogP contribution in [-0.4, -0.2) is 0 Å². The minimum Gasteiger partial charge on any atom is -0.0885 e. The van der Waals surface area contributed by atoms with Crippen LogP contribution in [0.4, 0.5) is 0 Å². The van der Waals surface area contributed by atoms with Gasteiger partial charge in [-0.25, -0.2) is 0 Å². The smallest absolute Gasteiger partial charge is 0.0322 e. The van der Waals surface area contributed by atoms with Crippen LogP contribution in [0.1, 0.15) is 52.4 Å². The van der Waals surface area contributed by atoms with Crippen LogP contribution in [0.2, 0.25) is 0 Å². The summed E-state index contributed by atoms with van der Waals surface area (Å²) >= 11 is 0. The van der Waals surface area contributed by atoms with E-state index in [-0.39, 0.29) is 0 Å². The molecule has 1 aliphatic rings. The molecule has 0 radical (unpaired) electrons. The number of allylic oxidation sites excluding steroid dienone is 2. The van der Waals surface area contributed by atoms with E-state index in [1.807, 2.05) is 0 Å². The van der Waals surface area contributed by atoms with Gasteiger partial charge in [-0.1, -0.05) is 32.4 Å². The topological polar surface area (TPSA) is 0 Å². The molecule has 1 rings (SSSR count). The Labute approximate surface area is 70.7 Å². The monoisotopic (exact) mass is 152 g/mol. The average molecular weight is 152 g/mol. The maximum absolute atomic E-state index is 2.40. The molecule has 0 aromatic heterocycles. The van der Waals surface area contributed by atoms with Crippen molar-refractivity contribution in [2.75, 3.05) is 0 Å². The lowest BCUT2D eigenvalue weighted by Crippen LogP contribution is -1.89. The van der Waals surface area contributed by atoms with E-state index in [4.69, 9.17) is 0 Å². The Hall–Kier alpha value is -0.260. The molecular formula is C11H20. The van der Waals surface area contributed by atoms with Crippen molar-refractivity contribution < 1.29 is 0 Å². The zero-order valence-electron chi connectivity index (χ0n) is 7.90. The van der Waals surface area contributed by atoms with E-state index in [1.54, 1.807) is 0 Å². The predicted molar refractivity (Wildman–Crippen MR) is 50.6 cm³/mol. The molecular weight excluding hydrogens is 132 g/mol. The molecule has 0 aromatic rings. The molecule has 0 nitrogen and oxygen atoms in total. The SMILES string of the molecule is CCCC=CCCC1(C)CC1. The van der Waals surface area contributed by atoms with Gasteiger partial charge >= 0.3 is 0 Å². The van der Waals surface area contributed by atoms with Crippen LogP contribution in [0.3, 0.4) is 0 Å². The van der Waals surface area contributed by atoms with Crippen LogP contribution < -0.4 is 0 Å². The van der Waals surface area contributed by atoms with Gasteiger partial charge in [0.15, 0.2) is 0 Å². The van der Waals surface area contributed by atoms with Crippen molar-refractivity contribution in [3.8, 4) is 0 Å². The molecule has 64 valence electrons. The van der Waals surface area contributed by atoms with Gasteiger partial charge in [0.25, 0.3) is 0 Å².